The monoisotopic (exact) mass is 754 g/mol. The molecule has 0 aliphatic rings. The van der Waals surface area contributed by atoms with Crippen LogP contribution in [0.4, 0.5) is 0 Å². The molecule has 0 spiro atoms. The van der Waals surface area contributed by atoms with Gasteiger partial charge in [0.1, 0.15) is 11.2 Å². The van der Waals surface area contributed by atoms with Gasteiger partial charge in [0.25, 0.3) is 0 Å². The quantitative estimate of drug-likeness (QED) is 0.0592. The first-order chi connectivity index (χ1) is 27.7. The molecular weight excluding hydrogens is 697 g/mol. The molecule has 2 heterocycles. The fourth-order valence-corrected chi connectivity index (χ4v) is 10.1. The number of thiophene rings is 1. The molecule has 0 atom stereocenters. The summed E-state index contributed by atoms with van der Waals surface area (Å²) in [7, 11) is 0. The zero-order valence-corrected chi connectivity index (χ0v) is 34.5. The summed E-state index contributed by atoms with van der Waals surface area (Å²) >= 11 is 1.98. The first-order valence-corrected chi connectivity index (χ1v) is 22.6. The molecular formula is C54H58OS. The van der Waals surface area contributed by atoms with E-state index in [9.17, 15) is 0 Å². The Morgan fingerprint density at radius 3 is 1.84 bits per heavy atom. The summed E-state index contributed by atoms with van der Waals surface area (Å²) in [6.07, 6.45) is 24.7. The number of rotatable bonds is 19. The second-order valence-electron chi connectivity index (χ2n) is 16.1. The van der Waals surface area contributed by atoms with Crippen molar-refractivity contribution in [2.24, 2.45) is 0 Å². The molecule has 56 heavy (non-hydrogen) atoms. The van der Waals surface area contributed by atoms with Crippen LogP contribution in [0, 0.1) is 0 Å². The Hall–Kier alpha value is -4.66. The lowest BCUT2D eigenvalue weighted by Crippen LogP contribution is -1.93. The molecule has 0 radical (unpaired) electrons. The van der Waals surface area contributed by atoms with Crippen molar-refractivity contribution in [2.45, 2.75) is 117 Å². The lowest BCUT2D eigenvalue weighted by molar-refractivity contribution is 0.607. The number of benzene rings is 6. The minimum atomic E-state index is 0.988. The van der Waals surface area contributed by atoms with E-state index in [1.54, 1.807) is 0 Å². The van der Waals surface area contributed by atoms with E-state index >= 15 is 0 Å². The third kappa shape index (κ3) is 8.67. The minimum absolute atomic E-state index is 0.988. The van der Waals surface area contributed by atoms with Crippen molar-refractivity contribution >= 4 is 76.4 Å². The van der Waals surface area contributed by atoms with Gasteiger partial charge in [0.2, 0.25) is 0 Å². The van der Waals surface area contributed by atoms with Crippen LogP contribution in [0.1, 0.15) is 124 Å². The summed E-state index contributed by atoms with van der Waals surface area (Å²) in [6.45, 7) is 4.59. The molecule has 0 saturated heterocycles. The lowest BCUT2D eigenvalue weighted by atomic mass is 9.92. The van der Waals surface area contributed by atoms with Crippen molar-refractivity contribution in [1.29, 1.82) is 0 Å². The first-order valence-electron chi connectivity index (χ1n) is 21.8. The van der Waals surface area contributed by atoms with E-state index in [0.717, 1.165) is 36.8 Å². The summed E-state index contributed by atoms with van der Waals surface area (Å²) in [4.78, 5) is 0. The molecule has 0 bridgehead atoms. The highest BCUT2D eigenvalue weighted by molar-refractivity contribution is 7.26. The van der Waals surface area contributed by atoms with Gasteiger partial charge in [-0.3, -0.25) is 0 Å². The molecule has 8 aromatic rings. The number of fused-ring (bicyclic) bond motifs is 9. The van der Waals surface area contributed by atoms with E-state index in [2.05, 4.69) is 135 Å². The Labute approximate surface area is 338 Å². The van der Waals surface area contributed by atoms with Crippen molar-refractivity contribution in [1.82, 2.24) is 0 Å². The maximum absolute atomic E-state index is 7.07. The van der Waals surface area contributed by atoms with Crippen LogP contribution in [0.2, 0.25) is 0 Å². The summed E-state index contributed by atoms with van der Waals surface area (Å²) in [6, 6.07) is 41.0. The molecule has 1 nitrogen and oxygen atoms in total. The van der Waals surface area contributed by atoms with Crippen LogP contribution in [0.3, 0.4) is 0 Å². The highest BCUT2D eigenvalue weighted by atomic mass is 32.1. The standard InChI is InChI=1S/C54H58OS/c1-3-5-7-9-11-15-25-41-29-33-45-49(35-41)55-53-47-37-44(32-28-40-23-19-14-20-24-40)52-46-34-30-42(26-16-12-10-8-6-4-2)36-50(46)56-54(52)48(47)38-43(51(45)53)31-27-39-21-17-13-18-22-39/h13-14,17-24,27,29-31,33-38H,3-12,15-16,25-26,28,32H2,1-2H3/b31-27+. The van der Waals surface area contributed by atoms with E-state index in [-0.39, 0.29) is 0 Å². The average Bonchev–Trinajstić information content (AvgIpc) is 3.82. The molecule has 2 aromatic heterocycles. The largest absolute Gasteiger partial charge is 0.455 e. The Bertz CT molecular complexity index is 2550. The highest BCUT2D eigenvalue weighted by Gasteiger charge is 2.20. The van der Waals surface area contributed by atoms with Gasteiger partial charge in [-0.05, 0) is 96.2 Å². The first kappa shape index (κ1) is 38.2. The topological polar surface area (TPSA) is 13.1 Å². The fraction of sp³-hybridized carbons (Fsp3) is 0.333. The predicted octanol–water partition coefficient (Wildman–Crippen LogP) is 16.9. The van der Waals surface area contributed by atoms with Gasteiger partial charge in [-0.15, -0.1) is 11.3 Å². The molecule has 286 valence electrons. The fourth-order valence-electron chi connectivity index (χ4n) is 8.80. The van der Waals surface area contributed by atoms with Crippen molar-refractivity contribution < 1.29 is 4.42 Å². The van der Waals surface area contributed by atoms with Crippen molar-refractivity contribution in [2.75, 3.05) is 0 Å². The van der Waals surface area contributed by atoms with E-state index in [4.69, 9.17) is 4.42 Å². The maximum atomic E-state index is 7.07. The normalized spacial score (nSPS) is 12.1. The third-order valence-corrected chi connectivity index (χ3v) is 13.1. The van der Waals surface area contributed by atoms with Gasteiger partial charge in [0.05, 0.1) is 0 Å². The van der Waals surface area contributed by atoms with Gasteiger partial charge in [-0.2, -0.15) is 0 Å². The third-order valence-electron chi connectivity index (χ3n) is 11.9. The molecule has 0 aliphatic heterocycles. The second kappa shape index (κ2) is 18.5. The van der Waals surface area contributed by atoms with E-state index in [1.807, 2.05) is 11.3 Å². The summed E-state index contributed by atoms with van der Waals surface area (Å²) < 4.78 is 9.86. The molecule has 0 saturated carbocycles. The molecule has 8 rings (SSSR count). The molecule has 0 aliphatic carbocycles. The zero-order chi connectivity index (χ0) is 38.1. The Morgan fingerprint density at radius 1 is 0.482 bits per heavy atom. The number of aryl methyl sites for hydroxylation is 4. The van der Waals surface area contributed by atoms with Gasteiger partial charge in [0, 0.05) is 41.7 Å². The van der Waals surface area contributed by atoms with Crippen LogP contribution in [0.5, 0.6) is 0 Å². The van der Waals surface area contributed by atoms with Gasteiger partial charge in [-0.1, -0.05) is 175 Å². The summed E-state index contributed by atoms with van der Waals surface area (Å²) in [5.41, 5.74) is 10.1. The summed E-state index contributed by atoms with van der Waals surface area (Å²) in [5, 5.41) is 7.79. The van der Waals surface area contributed by atoms with Gasteiger partial charge >= 0.3 is 0 Å². The molecule has 0 fully saturated rings. The van der Waals surface area contributed by atoms with Crippen molar-refractivity contribution in [3.63, 3.8) is 0 Å². The number of hydrogen-bond acceptors (Lipinski definition) is 2. The van der Waals surface area contributed by atoms with Gasteiger partial charge in [0.15, 0.2) is 0 Å². The van der Waals surface area contributed by atoms with Crippen LogP contribution >= 0.6 is 11.3 Å². The second-order valence-corrected chi connectivity index (χ2v) is 17.2. The van der Waals surface area contributed by atoms with Crippen molar-refractivity contribution in [3.05, 3.63) is 143 Å². The van der Waals surface area contributed by atoms with Gasteiger partial charge in [-0.25, -0.2) is 0 Å². The SMILES string of the molecule is CCCCCCCCc1ccc2c(c1)oc1c3cc(CCc4ccccc4)c4c5ccc(CCCCCCCC)cc5sc4c3cc(/C=C/c3ccccc3)c21. The lowest BCUT2D eigenvalue weighted by Gasteiger charge is -2.11. The number of hydrogen-bond donors (Lipinski definition) is 0. The van der Waals surface area contributed by atoms with Crippen LogP contribution in [0.15, 0.2) is 114 Å². The Balaban J connectivity index is 1.26. The predicted molar refractivity (Wildman–Crippen MR) is 247 cm³/mol. The maximum Gasteiger partial charge on any atom is 0.143 e. The average molecular weight is 755 g/mol. The number of unbranched alkanes of at least 4 members (excludes halogenated alkanes) is 10. The van der Waals surface area contributed by atoms with Crippen LogP contribution in [-0.4, -0.2) is 0 Å². The summed E-state index contributed by atoms with van der Waals surface area (Å²) in [5.74, 6) is 0. The Morgan fingerprint density at radius 2 is 1.12 bits per heavy atom. The molecule has 0 amide bonds. The van der Waals surface area contributed by atoms with Crippen LogP contribution in [-0.2, 0) is 25.7 Å². The zero-order valence-electron chi connectivity index (χ0n) is 33.7. The van der Waals surface area contributed by atoms with E-state index in [0.29, 0.717) is 0 Å². The smallest absolute Gasteiger partial charge is 0.143 e. The van der Waals surface area contributed by atoms with Crippen LogP contribution < -0.4 is 0 Å². The van der Waals surface area contributed by atoms with Crippen molar-refractivity contribution in [3.8, 4) is 0 Å². The number of furan rings is 1. The molecule has 0 unspecified atom stereocenters. The molecule has 2 heteroatoms. The minimum Gasteiger partial charge on any atom is -0.455 e. The van der Waals surface area contributed by atoms with E-state index in [1.165, 1.54) is 152 Å². The van der Waals surface area contributed by atoms with E-state index < -0.39 is 0 Å². The van der Waals surface area contributed by atoms with Crippen LogP contribution in [0.25, 0.3) is 65.0 Å². The Kier molecular flexibility index (Phi) is 12.6. The highest BCUT2D eigenvalue weighted by Crippen LogP contribution is 2.46. The van der Waals surface area contributed by atoms with Gasteiger partial charge < -0.3 is 4.42 Å². The molecule has 0 N–H and O–H groups in total. The molecule has 6 aromatic carbocycles.